The molecule has 1 fully saturated rings. The standard InChI is InChI=1S/C20H19N3O2.C19H15N3O3.C18H19N3O4.C17H15N3O4S.C15H15N3O3.C13H12N2O2S/c1-15(8-11-19-7-4-12-25-19)22-23-20(24)14-21-18-10-9-16-5-2-3-6-17(16)13-18;23-18(14-6-2-1-3-7-14)21-16-9-4-8-15(12-16)19(24)22-20-13-17-10-5-11-25-17;1-13(14-5-7-15(24-2)8-6-14)20-21-18(23)12-19-17(22)10-9-16-4-3-11-25-16;1-11(13-8-5-9-24-13)18-19-17-20(12-6-3-2-4-7-12)16(23)14(25-17)10-15(21)22;1-10-3-8-14(21-10)9-16-18-15(20)12-4-6-13(7-5-12)17-11(2)19;16-13(10-12-6-3-9-18-12)15-14-7-1-4-11-5-2-8-17-11/h2-13,21H,14H2,1H3,(H,23,24);1-13H,(H,21,23)(H,22,24);3-11H,12H2,1-2H3,(H,19,22)(H,21,23);2-9,14H,10H2,1H3,(H,21,22);3-9H,1-2H3,(H,17,19)(H,18,20);1-9H,10H2,(H,15,16)/b11-8+,22-15+;20-13+;10-9-,20-13+;18-11+,19-17+;16-9+;4-1-,14-7+. The van der Waals surface area contributed by atoms with Gasteiger partial charge < -0.3 is 57.6 Å². The molecule has 1 saturated heterocycles. The number of anilines is 4. The zero-order valence-corrected chi connectivity index (χ0v) is 77.3. The van der Waals surface area contributed by atoms with E-state index < -0.39 is 28.9 Å². The van der Waals surface area contributed by atoms with Crippen LogP contribution in [-0.4, -0.2) is 131 Å². The molecule has 7 aromatic carbocycles. The van der Waals surface area contributed by atoms with Crippen molar-refractivity contribution in [1.82, 2.24) is 32.4 Å². The van der Waals surface area contributed by atoms with Gasteiger partial charge in [0.05, 0.1) is 93.9 Å². The number of fused-ring (bicyclic) bond motifs is 1. The van der Waals surface area contributed by atoms with Gasteiger partial charge in [-0.25, -0.2) is 27.1 Å². The van der Waals surface area contributed by atoms with Gasteiger partial charge >= 0.3 is 5.97 Å². The fraction of sp³-hybridized carbons (Fsp3) is 0.108. The predicted octanol–water partition coefficient (Wildman–Crippen LogP) is 17.3. The van der Waals surface area contributed by atoms with E-state index in [-0.39, 0.29) is 55.0 Å². The number of carboxylic acids is 1. The number of thioether (sulfide) groups is 1. The number of allylic oxidation sites excluding steroid dienone is 2. The number of carbonyl (C=O) groups excluding carboxylic acids is 9. The summed E-state index contributed by atoms with van der Waals surface area (Å²) in [6, 6.07) is 77.4. The zero-order valence-electron chi connectivity index (χ0n) is 75.7. The first-order valence-electron chi connectivity index (χ1n) is 42.3. The van der Waals surface area contributed by atoms with Crippen LogP contribution in [0.15, 0.2) is 378 Å². The molecule has 0 aliphatic carbocycles. The van der Waals surface area contributed by atoms with E-state index in [1.165, 1.54) is 66.8 Å². The van der Waals surface area contributed by atoms with Gasteiger partial charge in [0.1, 0.15) is 57.0 Å². The Hall–Kier alpha value is -18.3. The molecule has 10 N–H and O–H groups in total. The highest BCUT2D eigenvalue weighted by molar-refractivity contribution is 8.16. The molecule has 0 radical (unpaired) electrons. The van der Waals surface area contributed by atoms with Gasteiger partial charge in [0, 0.05) is 57.8 Å². The normalized spacial score (nSPS) is 12.7. The molecule has 7 aromatic heterocycles. The molecule has 139 heavy (non-hydrogen) atoms. The number of nitrogens with zero attached hydrogens (tertiary/aromatic N) is 8. The van der Waals surface area contributed by atoms with E-state index in [4.69, 9.17) is 36.3 Å². The van der Waals surface area contributed by atoms with E-state index in [1.807, 2.05) is 121 Å². The maximum absolute atomic E-state index is 12.6. The summed E-state index contributed by atoms with van der Waals surface area (Å²) in [4.78, 5) is 120. The van der Waals surface area contributed by atoms with Gasteiger partial charge in [0.25, 0.3) is 29.5 Å². The molecule has 9 amide bonds. The molecule has 1 aliphatic rings. The topological polar surface area (TPSA) is 477 Å². The number of aryl methyl sites for hydroxylation is 1. The second-order valence-electron chi connectivity index (χ2n) is 28.8. The summed E-state index contributed by atoms with van der Waals surface area (Å²) in [5.74, 6) is 1.58. The van der Waals surface area contributed by atoms with E-state index in [1.54, 1.807) is 222 Å². The van der Waals surface area contributed by atoms with Crippen LogP contribution in [0.2, 0.25) is 0 Å². The molecule has 0 saturated carbocycles. The molecular weight excluding hydrogens is 1820 g/mol. The van der Waals surface area contributed by atoms with Gasteiger partial charge in [-0.05, 0) is 262 Å². The lowest BCUT2D eigenvalue weighted by Gasteiger charge is -2.15. The van der Waals surface area contributed by atoms with Crippen molar-refractivity contribution in [2.75, 3.05) is 41.0 Å². The number of hydrogen-bond donors (Lipinski definition) is 10. The Morgan fingerprint density at radius 3 is 1.70 bits per heavy atom. The number of amidine groups is 1. The van der Waals surface area contributed by atoms with E-state index in [0.29, 0.717) is 85.5 Å². The summed E-state index contributed by atoms with van der Waals surface area (Å²) in [5, 5.41) is 51.6. The highest BCUT2D eigenvalue weighted by Gasteiger charge is 2.40. The first-order valence-corrected chi connectivity index (χ1v) is 44.1. The number of amides is 9. The third-order valence-corrected chi connectivity index (χ3v) is 20.3. The Morgan fingerprint density at radius 2 is 1.07 bits per heavy atom. The van der Waals surface area contributed by atoms with Crippen molar-refractivity contribution in [2.45, 2.75) is 52.7 Å². The van der Waals surface area contributed by atoms with E-state index in [9.17, 15) is 47.9 Å². The van der Waals surface area contributed by atoms with Gasteiger partial charge in [0.2, 0.25) is 23.6 Å². The van der Waals surface area contributed by atoms with Crippen molar-refractivity contribution in [3.05, 3.63) is 383 Å². The quantitative estimate of drug-likeness (QED) is 0.0106. The van der Waals surface area contributed by atoms with Crippen molar-refractivity contribution in [3.8, 4) is 5.75 Å². The third-order valence-electron chi connectivity index (χ3n) is 18.3. The fourth-order valence-corrected chi connectivity index (χ4v) is 13.3. The Kier molecular flexibility index (Phi) is 41.4. The minimum absolute atomic E-state index is 0.125. The van der Waals surface area contributed by atoms with Gasteiger partial charge in [-0.15, -0.1) is 21.5 Å². The van der Waals surface area contributed by atoms with Gasteiger partial charge in [-0.1, -0.05) is 90.6 Å². The van der Waals surface area contributed by atoms with Crippen LogP contribution in [0.25, 0.3) is 29.0 Å². The van der Waals surface area contributed by atoms with Crippen LogP contribution in [0.3, 0.4) is 0 Å². The Bertz CT molecular complexity index is 6650. The average Bonchev–Trinajstić information content (AvgIpc) is 1.64. The molecule has 1 atom stereocenters. The summed E-state index contributed by atoms with van der Waals surface area (Å²) in [6.45, 7) is 8.53. The van der Waals surface area contributed by atoms with Crippen LogP contribution in [0, 0.1) is 6.92 Å². The number of hydrogen-bond acceptors (Lipinski definition) is 27. The smallest absolute Gasteiger partial charge is 0.305 e. The lowest BCUT2D eigenvalue weighted by atomic mass is 10.1. The van der Waals surface area contributed by atoms with Crippen LogP contribution in [0.4, 0.5) is 22.7 Å². The van der Waals surface area contributed by atoms with Crippen LogP contribution in [0.5, 0.6) is 5.75 Å². The number of para-hydroxylation sites is 1. The Balaban J connectivity index is 0.000000172. The maximum Gasteiger partial charge on any atom is 0.305 e. The number of nitrogens with one attached hydrogen (secondary N) is 9. The molecule has 0 bridgehead atoms. The molecule has 15 rings (SSSR count). The lowest BCUT2D eigenvalue weighted by Crippen LogP contribution is -2.34. The minimum atomic E-state index is -1.03. The molecule has 0 spiro atoms. The largest absolute Gasteiger partial charge is 0.497 e. The number of methoxy groups -OCH3 is 1. The number of rotatable bonds is 32. The molecular formula is C102H95N17O18S2. The molecule has 1 unspecified atom stereocenters. The van der Waals surface area contributed by atoms with Crippen LogP contribution < -0.4 is 58.0 Å². The Morgan fingerprint density at radius 1 is 0.482 bits per heavy atom. The van der Waals surface area contributed by atoms with Crippen LogP contribution in [0.1, 0.15) is 116 Å². The molecule has 35 nitrogen and oxygen atoms in total. The molecule has 708 valence electrons. The van der Waals surface area contributed by atoms with Crippen molar-refractivity contribution in [1.29, 1.82) is 0 Å². The summed E-state index contributed by atoms with van der Waals surface area (Å²) in [6.07, 6.45) is 22.0. The first-order chi connectivity index (χ1) is 67.4. The van der Waals surface area contributed by atoms with Crippen molar-refractivity contribution < 1.29 is 84.3 Å². The van der Waals surface area contributed by atoms with Crippen LogP contribution in [-0.2, 0) is 40.0 Å². The third kappa shape index (κ3) is 37.0. The minimum Gasteiger partial charge on any atom is -0.497 e. The lowest BCUT2D eigenvalue weighted by molar-refractivity contribution is -0.138. The van der Waals surface area contributed by atoms with Gasteiger partial charge in [-0.2, -0.15) is 25.5 Å². The second-order valence-corrected chi connectivity index (χ2v) is 31.0. The molecule has 8 heterocycles. The van der Waals surface area contributed by atoms with Crippen molar-refractivity contribution in [3.63, 3.8) is 0 Å². The van der Waals surface area contributed by atoms with Crippen molar-refractivity contribution >= 4 is 175 Å². The number of ether oxygens (including phenoxy) is 1. The van der Waals surface area contributed by atoms with E-state index in [2.05, 4.69) is 90.2 Å². The molecule has 37 heteroatoms. The number of furan rings is 6. The summed E-state index contributed by atoms with van der Waals surface area (Å²) in [5.41, 5.74) is 18.9. The molecule has 1 aliphatic heterocycles. The number of benzene rings is 7. The number of carboxylic acid groups (broad SMARTS) is 1. The predicted molar refractivity (Wildman–Crippen MR) is 538 cm³/mol. The van der Waals surface area contributed by atoms with Crippen LogP contribution >= 0.6 is 23.1 Å². The summed E-state index contributed by atoms with van der Waals surface area (Å²) in [7, 11) is 1.59. The first kappa shape index (κ1) is 103. The van der Waals surface area contributed by atoms with Crippen molar-refractivity contribution in [2.24, 2.45) is 35.7 Å². The average molecular weight is 1910 g/mol. The monoisotopic (exact) mass is 1910 g/mol. The summed E-state index contributed by atoms with van der Waals surface area (Å²) < 4.78 is 36.0. The fourth-order valence-electron chi connectivity index (χ4n) is 11.5. The van der Waals surface area contributed by atoms with Gasteiger partial charge in [-0.3, -0.25) is 52.8 Å². The van der Waals surface area contributed by atoms with Gasteiger partial charge in [0.15, 0.2) is 5.17 Å². The number of carbonyl (C=O) groups is 10. The highest BCUT2D eigenvalue weighted by Crippen LogP contribution is 2.34. The summed E-state index contributed by atoms with van der Waals surface area (Å²) >= 11 is 2.65. The Labute approximate surface area is 805 Å². The maximum atomic E-state index is 12.6. The number of hydrazone groups is 5. The SMILES string of the molecule is C/C(=N\N=C1\SC(CC(=O)O)C(=O)N1c1ccccc1)c1ccco1.CC(/C=C/c1ccco1)=N\NC(=O)CNc1ccc2ccccc2c1.CC(=O)Nc1ccc(C(=O)N/N=C/c2ccc(C)o2)cc1.COc1ccc(/C(C)=N/NC(=O)CNC(=O)/C=C\c2ccco2)cc1.O=C(Cc1cccs1)N/N=C/C=C\c1ccco1.O=C(N/N=C/c1ccco1)c1cccc(NC(=O)c2ccccc2)c1. The second kappa shape index (κ2) is 55.9. The number of thiophene rings is 1. The van der Waals surface area contributed by atoms with E-state index in [0.717, 1.165) is 56.3 Å². The molecule has 14 aromatic rings. The van der Waals surface area contributed by atoms with E-state index >= 15 is 0 Å². The zero-order chi connectivity index (χ0) is 98.7. The number of aliphatic carboxylic acids is 1. The highest BCUT2D eigenvalue weighted by atomic mass is 32.2.